The fourth-order valence-electron chi connectivity index (χ4n) is 4.03. The molecule has 1 aromatic heterocycles. The minimum Gasteiger partial charge on any atom is -0.378 e. The van der Waals surface area contributed by atoms with Crippen molar-refractivity contribution in [1.29, 1.82) is 0 Å². The highest BCUT2D eigenvalue weighted by Gasteiger charge is 2.23. The molecule has 1 fully saturated rings. The number of morpholine rings is 1. The van der Waals surface area contributed by atoms with Gasteiger partial charge in [-0.25, -0.2) is 4.39 Å². The number of halogens is 1. The molecule has 0 atom stereocenters. The third-order valence-electron chi connectivity index (χ3n) is 5.68. The van der Waals surface area contributed by atoms with Crippen LogP contribution in [-0.4, -0.2) is 41.0 Å². The molecule has 2 heterocycles. The molecule has 0 N–H and O–H groups in total. The summed E-state index contributed by atoms with van der Waals surface area (Å²) in [4.78, 5) is 26.8. The van der Waals surface area contributed by atoms with Crippen LogP contribution < -0.4 is 10.5 Å². The molecule has 3 aromatic carbocycles. The monoisotopic (exact) mass is 446 g/mol. The summed E-state index contributed by atoms with van der Waals surface area (Å²) in [6, 6.07) is 17.3. The van der Waals surface area contributed by atoms with E-state index in [4.69, 9.17) is 4.74 Å². The number of hydrogen-bond acceptors (Lipinski definition) is 6. The van der Waals surface area contributed by atoms with Gasteiger partial charge in [0.15, 0.2) is 0 Å². The van der Waals surface area contributed by atoms with E-state index < -0.39 is 16.3 Å². The molecule has 0 saturated carbocycles. The molecule has 0 bridgehead atoms. The average Bonchev–Trinajstić information content (AvgIpc) is 2.85. The predicted octanol–water partition coefficient (Wildman–Crippen LogP) is 3.94. The molecule has 1 aliphatic heterocycles. The van der Waals surface area contributed by atoms with E-state index in [1.54, 1.807) is 48.5 Å². The Labute approximate surface area is 187 Å². The van der Waals surface area contributed by atoms with Gasteiger partial charge >= 0.3 is 0 Å². The molecule has 9 heteroatoms. The first kappa shape index (κ1) is 20.8. The van der Waals surface area contributed by atoms with E-state index in [0.29, 0.717) is 48.3 Å². The van der Waals surface area contributed by atoms with Crippen LogP contribution >= 0.6 is 0 Å². The van der Waals surface area contributed by atoms with Gasteiger partial charge in [0, 0.05) is 35.8 Å². The Morgan fingerprint density at radius 3 is 2.36 bits per heavy atom. The van der Waals surface area contributed by atoms with E-state index in [1.165, 1.54) is 18.2 Å². The Morgan fingerprint density at radius 1 is 0.970 bits per heavy atom. The first-order chi connectivity index (χ1) is 16.0. The van der Waals surface area contributed by atoms with Crippen LogP contribution in [0.4, 0.5) is 15.8 Å². The highest BCUT2D eigenvalue weighted by atomic mass is 19.1. The molecule has 0 amide bonds. The SMILES string of the molecule is O=c1c2ccccc2c(-c2ccc(F)cc2)nn1-c1cc(N2CCOCC2)ccc1[N+](=O)[O-]. The molecule has 0 radical (unpaired) electrons. The predicted molar refractivity (Wildman–Crippen MR) is 122 cm³/mol. The number of ether oxygens (including phenoxy) is 1. The van der Waals surface area contributed by atoms with E-state index in [2.05, 4.69) is 5.10 Å². The minimum absolute atomic E-state index is 0.0723. The zero-order valence-electron chi connectivity index (χ0n) is 17.5. The van der Waals surface area contributed by atoms with Crippen LogP contribution in [0, 0.1) is 15.9 Å². The van der Waals surface area contributed by atoms with Crippen LogP contribution in [0.15, 0.2) is 71.5 Å². The van der Waals surface area contributed by atoms with Gasteiger partial charge in [-0.15, -0.1) is 0 Å². The van der Waals surface area contributed by atoms with Crippen molar-refractivity contribution in [3.05, 3.63) is 93.0 Å². The number of nitro benzene ring substituents is 1. The van der Waals surface area contributed by atoms with Crippen molar-refractivity contribution in [3.8, 4) is 16.9 Å². The van der Waals surface area contributed by atoms with Gasteiger partial charge in [0.2, 0.25) is 0 Å². The fraction of sp³-hybridized carbons (Fsp3) is 0.167. The number of rotatable bonds is 4. The summed E-state index contributed by atoms with van der Waals surface area (Å²) in [6.07, 6.45) is 0. The zero-order valence-corrected chi connectivity index (χ0v) is 17.5. The molecular weight excluding hydrogens is 427 g/mol. The van der Waals surface area contributed by atoms with Crippen LogP contribution in [0.2, 0.25) is 0 Å². The van der Waals surface area contributed by atoms with Gasteiger partial charge in [0.1, 0.15) is 11.5 Å². The second kappa shape index (κ2) is 8.44. The number of aromatic nitrogens is 2. The first-order valence-corrected chi connectivity index (χ1v) is 10.4. The maximum Gasteiger partial charge on any atom is 0.295 e. The Hall–Kier alpha value is -4.11. The summed E-state index contributed by atoms with van der Waals surface area (Å²) < 4.78 is 20.0. The summed E-state index contributed by atoms with van der Waals surface area (Å²) in [7, 11) is 0. The molecule has 0 unspecified atom stereocenters. The van der Waals surface area contributed by atoms with Crippen LogP contribution in [-0.2, 0) is 4.74 Å². The van der Waals surface area contributed by atoms with Gasteiger partial charge in [-0.1, -0.05) is 18.2 Å². The Morgan fingerprint density at radius 2 is 1.67 bits per heavy atom. The maximum absolute atomic E-state index is 13.5. The molecule has 4 aromatic rings. The number of anilines is 1. The summed E-state index contributed by atoms with van der Waals surface area (Å²) >= 11 is 0. The van der Waals surface area contributed by atoms with Gasteiger partial charge in [-0.3, -0.25) is 14.9 Å². The maximum atomic E-state index is 13.5. The smallest absolute Gasteiger partial charge is 0.295 e. The molecule has 166 valence electrons. The van der Waals surface area contributed by atoms with Gasteiger partial charge in [-0.05, 0) is 42.5 Å². The van der Waals surface area contributed by atoms with Crippen LogP contribution in [0.3, 0.4) is 0 Å². The standard InChI is InChI=1S/C24H19FN4O4/c25-17-7-5-16(6-8-17)23-19-3-1-2-4-20(19)24(30)28(26-23)22-15-18(9-10-21(22)29(31)32)27-11-13-33-14-12-27/h1-10,15H,11-14H2. The van der Waals surface area contributed by atoms with Crippen molar-refractivity contribution in [3.63, 3.8) is 0 Å². The number of benzene rings is 3. The topological polar surface area (TPSA) is 90.5 Å². The highest BCUT2D eigenvalue weighted by Crippen LogP contribution is 2.30. The lowest BCUT2D eigenvalue weighted by Gasteiger charge is -2.29. The van der Waals surface area contributed by atoms with Gasteiger partial charge in [0.05, 0.1) is 29.2 Å². The van der Waals surface area contributed by atoms with Crippen molar-refractivity contribution < 1.29 is 14.1 Å². The Kier molecular flexibility index (Phi) is 5.31. The van der Waals surface area contributed by atoms with Gasteiger partial charge < -0.3 is 9.64 Å². The summed E-state index contributed by atoms with van der Waals surface area (Å²) in [5.74, 6) is -0.398. The van der Waals surface area contributed by atoms with Crippen LogP contribution in [0.5, 0.6) is 0 Å². The quantitative estimate of drug-likeness (QED) is 0.348. The summed E-state index contributed by atoms with van der Waals surface area (Å²) in [5, 5.41) is 17.3. The van der Waals surface area contributed by atoms with E-state index in [9.17, 15) is 19.3 Å². The van der Waals surface area contributed by atoms with E-state index >= 15 is 0 Å². The number of hydrogen-bond donors (Lipinski definition) is 0. The normalized spacial score (nSPS) is 13.9. The highest BCUT2D eigenvalue weighted by molar-refractivity contribution is 5.94. The van der Waals surface area contributed by atoms with Crippen molar-refractivity contribution in [1.82, 2.24) is 9.78 Å². The molecule has 0 spiro atoms. The number of nitro groups is 1. The molecule has 0 aliphatic carbocycles. The van der Waals surface area contributed by atoms with Crippen molar-refractivity contribution in [2.45, 2.75) is 0 Å². The van der Waals surface area contributed by atoms with Gasteiger partial charge in [0.25, 0.3) is 11.2 Å². The largest absolute Gasteiger partial charge is 0.378 e. The lowest BCUT2D eigenvalue weighted by atomic mass is 10.0. The van der Waals surface area contributed by atoms with E-state index in [0.717, 1.165) is 10.4 Å². The van der Waals surface area contributed by atoms with Crippen molar-refractivity contribution in [2.75, 3.05) is 31.2 Å². The number of nitrogens with zero attached hydrogens (tertiary/aromatic N) is 4. The molecule has 8 nitrogen and oxygen atoms in total. The molecular formula is C24H19FN4O4. The third kappa shape index (κ3) is 3.83. The Bertz CT molecular complexity index is 1410. The Balaban J connectivity index is 1.77. The molecule has 33 heavy (non-hydrogen) atoms. The van der Waals surface area contributed by atoms with E-state index in [1.807, 2.05) is 4.90 Å². The lowest BCUT2D eigenvalue weighted by Crippen LogP contribution is -2.36. The van der Waals surface area contributed by atoms with Crippen molar-refractivity contribution >= 4 is 22.1 Å². The van der Waals surface area contributed by atoms with Crippen LogP contribution in [0.1, 0.15) is 0 Å². The van der Waals surface area contributed by atoms with Crippen LogP contribution in [0.25, 0.3) is 27.7 Å². The molecule has 1 saturated heterocycles. The van der Waals surface area contributed by atoms with Gasteiger partial charge in [-0.2, -0.15) is 9.78 Å². The first-order valence-electron chi connectivity index (χ1n) is 10.4. The molecule has 1 aliphatic rings. The second-order valence-electron chi connectivity index (χ2n) is 7.65. The van der Waals surface area contributed by atoms with Crippen molar-refractivity contribution in [2.24, 2.45) is 0 Å². The summed E-state index contributed by atoms with van der Waals surface area (Å²) in [5.41, 5.74) is 1.12. The summed E-state index contributed by atoms with van der Waals surface area (Å²) in [6.45, 7) is 2.38. The second-order valence-corrected chi connectivity index (χ2v) is 7.65. The zero-order chi connectivity index (χ0) is 22.9. The third-order valence-corrected chi connectivity index (χ3v) is 5.68. The average molecular weight is 446 g/mol. The number of fused-ring (bicyclic) bond motifs is 1. The van der Waals surface area contributed by atoms with E-state index in [-0.39, 0.29) is 11.4 Å². The fourth-order valence-corrected chi connectivity index (χ4v) is 4.03. The molecule has 5 rings (SSSR count). The lowest BCUT2D eigenvalue weighted by molar-refractivity contribution is -0.384. The minimum atomic E-state index is -0.528.